The molecule has 1 aromatic carbocycles. The number of carbonyl (C=O) groups excluding carboxylic acids is 1. The smallest absolute Gasteiger partial charge is 0.307 e. The number of ether oxygens (including phenoxy) is 1. The van der Waals surface area contributed by atoms with Gasteiger partial charge in [0.05, 0.1) is 13.0 Å². The highest BCUT2D eigenvalue weighted by molar-refractivity contribution is 6.30. The van der Waals surface area contributed by atoms with Crippen LogP contribution in [0.3, 0.4) is 0 Å². The highest BCUT2D eigenvalue weighted by Gasteiger charge is 2.24. The van der Waals surface area contributed by atoms with Crippen molar-refractivity contribution in [1.82, 2.24) is 4.90 Å². The van der Waals surface area contributed by atoms with E-state index >= 15 is 0 Å². The summed E-state index contributed by atoms with van der Waals surface area (Å²) >= 11 is 6.12. The maximum atomic E-state index is 12.0. The molecule has 0 N–H and O–H groups in total. The third-order valence-corrected chi connectivity index (χ3v) is 4.22. The molecule has 1 aliphatic rings. The maximum Gasteiger partial charge on any atom is 0.307 e. The third-order valence-electron chi connectivity index (χ3n) is 3.98. The summed E-state index contributed by atoms with van der Waals surface area (Å²) in [5.41, 5.74) is 1.11. The summed E-state index contributed by atoms with van der Waals surface area (Å²) in [7, 11) is 0. The topological polar surface area (TPSA) is 29.5 Å². The van der Waals surface area contributed by atoms with Crippen LogP contribution in [0.4, 0.5) is 0 Å². The minimum Gasteiger partial charge on any atom is -0.466 e. The van der Waals surface area contributed by atoms with Crippen molar-refractivity contribution in [1.29, 1.82) is 0 Å². The standard InChI is InChI=1S/C17H24ClNO2/c1-2-21-17(20)13-16(14-8-7-9-15(18)12-14)19-10-5-3-4-6-11-19/h7-9,12,16H,2-6,10-11,13H2,1H3. The van der Waals surface area contributed by atoms with E-state index in [0.717, 1.165) is 23.7 Å². The van der Waals surface area contributed by atoms with Gasteiger partial charge in [-0.2, -0.15) is 0 Å². The van der Waals surface area contributed by atoms with Crippen LogP contribution in [-0.4, -0.2) is 30.6 Å². The van der Waals surface area contributed by atoms with E-state index in [1.807, 2.05) is 25.1 Å². The Morgan fingerprint density at radius 2 is 2.00 bits per heavy atom. The second-order valence-electron chi connectivity index (χ2n) is 5.53. The van der Waals surface area contributed by atoms with Crippen molar-refractivity contribution >= 4 is 17.6 Å². The molecule has 116 valence electrons. The van der Waals surface area contributed by atoms with E-state index in [-0.39, 0.29) is 12.0 Å². The average molecular weight is 310 g/mol. The molecular weight excluding hydrogens is 286 g/mol. The molecule has 4 heteroatoms. The van der Waals surface area contributed by atoms with Gasteiger partial charge in [-0.25, -0.2) is 0 Å². The Balaban J connectivity index is 2.18. The lowest BCUT2D eigenvalue weighted by Gasteiger charge is -2.30. The monoisotopic (exact) mass is 309 g/mol. The van der Waals surface area contributed by atoms with Crippen molar-refractivity contribution in [3.63, 3.8) is 0 Å². The Hall–Kier alpha value is -1.06. The first kappa shape index (κ1) is 16.3. The normalized spacial score (nSPS) is 18.0. The molecule has 0 radical (unpaired) electrons. The minimum atomic E-state index is -0.133. The molecule has 1 aliphatic heterocycles. The van der Waals surface area contributed by atoms with Gasteiger partial charge < -0.3 is 4.74 Å². The van der Waals surface area contributed by atoms with Gasteiger partial charge in [0.1, 0.15) is 0 Å². The zero-order chi connectivity index (χ0) is 15.1. The zero-order valence-corrected chi connectivity index (χ0v) is 13.4. The molecule has 1 heterocycles. The van der Waals surface area contributed by atoms with E-state index in [1.54, 1.807) is 0 Å². The van der Waals surface area contributed by atoms with Gasteiger partial charge in [-0.3, -0.25) is 9.69 Å². The molecule has 2 rings (SSSR count). The molecule has 1 aromatic rings. The van der Waals surface area contributed by atoms with E-state index in [1.165, 1.54) is 25.7 Å². The van der Waals surface area contributed by atoms with Crippen molar-refractivity contribution in [3.05, 3.63) is 34.9 Å². The molecule has 1 atom stereocenters. The molecule has 0 spiro atoms. The van der Waals surface area contributed by atoms with Gasteiger partial charge in [0.2, 0.25) is 0 Å². The lowest BCUT2D eigenvalue weighted by Crippen LogP contribution is -2.31. The lowest BCUT2D eigenvalue weighted by molar-refractivity contribution is -0.144. The van der Waals surface area contributed by atoms with Crippen LogP contribution >= 0.6 is 11.6 Å². The van der Waals surface area contributed by atoms with Crippen LogP contribution < -0.4 is 0 Å². The zero-order valence-electron chi connectivity index (χ0n) is 12.7. The third kappa shape index (κ3) is 5.01. The largest absolute Gasteiger partial charge is 0.466 e. The number of likely N-dealkylation sites (tertiary alicyclic amines) is 1. The van der Waals surface area contributed by atoms with Crippen LogP contribution in [0.25, 0.3) is 0 Å². The van der Waals surface area contributed by atoms with Crippen molar-refractivity contribution in [2.75, 3.05) is 19.7 Å². The molecule has 0 aliphatic carbocycles. The Morgan fingerprint density at radius 3 is 2.62 bits per heavy atom. The van der Waals surface area contributed by atoms with E-state index in [2.05, 4.69) is 11.0 Å². The van der Waals surface area contributed by atoms with Crippen molar-refractivity contribution < 1.29 is 9.53 Å². The molecule has 0 amide bonds. The first-order valence-electron chi connectivity index (χ1n) is 7.86. The Labute approximate surface area is 132 Å². The fourth-order valence-electron chi connectivity index (χ4n) is 2.96. The molecule has 0 saturated carbocycles. The van der Waals surface area contributed by atoms with Crippen LogP contribution in [0.1, 0.15) is 50.6 Å². The first-order chi connectivity index (χ1) is 10.2. The lowest BCUT2D eigenvalue weighted by atomic mass is 10.0. The second-order valence-corrected chi connectivity index (χ2v) is 5.97. The number of hydrogen-bond donors (Lipinski definition) is 0. The number of carbonyl (C=O) groups is 1. The van der Waals surface area contributed by atoms with Gasteiger partial charge in [-0.1, -0.05) is 36.6 Å². The van der Waals surface area contributed by atoms with Crippen LogP contribution in [0, 0.1) is 0 Å². The summed E-state index contributed by atoms with van der Waals surface area (Å²) in [6.07, 6.45) is 5.34. The fraction of sp³-hybridized carbons (Fsp3) is 0.588. The van der Waals surface area contributed by atoms with Crippen molar-refractivity contribution in [2.24, 2.45) is 0 Å². The van der Waals surface area contributed by atoms with E-state index < -0.39 is 0 Å². The summed E-state index contributed by atoms with van der Waals surface area (Å²) in [6.45, 7) is 4.35. The Kier molecular flexibility index (Phi) is 6.52. The summed E-state index contributed by atoms with van der Waals surface area (Å²) in [5, 5.41) is 0.719. The molecule has 0 aromatic heterocycles. The average Bonchev–Trinajstić information content (AvgIpc) is 2.74. The van der Waals surface area contributed by atoms with Gasteiger partial charge in [0.15, 0.2) is 0 Å². The molecule has 0 bridgehead atoms. The molecule has 1 fully saturated rings. The van der Waals surface area contributed by atoms with Crippen molar-refractivity contribution in [3.8, 4) is 0 Å². The highest BCUT2D eigenvalue weighted by atomic mass is 35.5. The predicted octanol–water partition coefficient (Wildman–Crippen LogP) is 4.21. The Morgan fingerprint density at radius 1 is 1.29 bits per heavy atom. The van der Waals surface area contributed by atoms with Gasteiger partial charge in [0, 0.05) is 11.1 Å². The summed E-state index contributed by atoms with van der Waals surface area (Å²) in [5.74, 6) is -0.133. The first-order valence-corrected chi connectivity index (χ1v) is 8.23. The molecule has 1 saturated heterocycles. The molecule has 1 unspecified atom stereocenters. The quantitative estimate of drug-likeness (QED) is 0.763. The number of benzene rings is 1. The summed E-state index contributed by atoms with van der Waals surface area (Å²) in [4.78, 5) is 14.4. The predicted molar refractivity (Wildman–Crippen MR) is 85.5 cm³/mol. The summed E-state index contributed by atoms with van der Waals surface area (Å²) in [6, 6.07) is 7.92. The highest BCUT2D eigenvalue weighted by Crippen LogP contribution is 2.29. The summed E-state index contributed by atoms with van der Waals surface area (Å²) < 4.78 is 5.15. The van der Waals surface area contributed by atoms with Gasteiger partial charge in [-0.05, 0) is 50.6 Å². The molecule has 3 nitrogen and oxygen atoms in total. The van der Waals surface area contributed by atoms with E-state index in [9.17, 15) is 4.79 Å². The van der Waals surface area contributed by atoms with Gasteiger partial charge in [-0.15, -0.1) is 0 Å². The SMILES string of the molecule is CCOC(=O)CC(c1cccc(Cl)c1)N1CCCCCC1. The number of esters is 1. The minimum absolute atomic E-state index is 0.0702. The van der Waals surface area contributed by atoms with Crippen LogP contribution in [0.15, 0.2) is 24.3 Å². The van der Waals surface area contributed by atoms with Gasteiger partial charge >= 0.3 is 5.97 Å². The number of rotatable bonds is 5. The second kappa shape index (κ2) is 8.40. The van der Waals surface area contributed by atoms with Crippen LogP contribution in [-0.2, 0) is 9.53 Å². The number of hydrogen-bond acceptors (Lipinski definition) is 3. The van der Waals surface area contributed by atoms with Crippen molar-refractivity contribution in [2.45, 2.75) is 45.1 Å². The maximum absolute atomic E-state index is 12.0. The van der Waals surface area contributed by atoms with Crippen LogP contribution in [0.5, 0.6) is 0 Å². The van der Waals surface area contributed by atoms with E-state index in [0.29, 0.717) is 13.0 Å². The fourth-order valence-corrected chi connectivity index (χ4v) is 3.15. The van der Waals surface area contributed by atoms with E-state index in [4.69, 9.17) is 16.3 Å². The molecule has 21 heavy (non-hydrogen) atoms. The van der Waals surface area contributed by atoms with Gasteiger partial charge in [0.25, 0.3) is 0 Å². The Bertz CT molecular complexity index is 456. The molecular formula is C17H24ClNO2. The number of halogens is 1. The number of nitrogens with zero attached hydrogens (tertiary/aromatic N) is 1. The van der Waals surface area contributed by atoms with Crippen LogP contribution in [0.2, 0.25) is 5.02 Å².